The summed E-state index contributed by atoms with van der Waals surface area (Å²) in [6.45, 7) is 2.83. The van der Waals surface area contributed by atoms with Gasteiger partial charge in [0.2, 0.25) is 10.0 Å². The molecule has 28 heavy (non-hydrogen) atoms. The summed E-state index contributed by atoms with van der Waals surface area (Å²) in [5, 5.41) is -0.525. The number of sulfonamides is 1. The summed E-state index contributed by atoms with van der Waals surface area (Å²) >= 11 is 0. The van der Waals surface area contributed by atoms with Crippen molar-refractivity contribution < 1.29 is 22.3 Å². The molecular weight excluding hydrogens is 381 g/mol. The Morgan fingerprint density at radius 3 is 2.39 bits per heavy atom. The van der Waals surface area contributed by atoms with E-state index in [-0.39, 0.29) is 11.5 Å². The minimum Gasteiger partial charge on any atom is -0.493 e. The molecule has 7 heteroatoms. The summed E-state index contributed by atoms with van der Waals surface area (Å²) in [7, 11) is -3.71. The summed E-state index contributed by atoms with van der Waals surface area (Å²) in [6.07, 6.45) is 7.70. The normalized spacial score (nSPS) is 25.4. The Bertz CT molecular complexity index is 853. The van der Waals surface area contributed by atoms with Crippen LogP contribution in [0.3, 0.4) is 0 Å². The Morgan fingerprint density at radius 1 is 1.11 bits per heavy atom. The van der Waals surface area contributed by atoms with Crippen molar-refractivity contribution in [1.29, 1.82) is 0 Å². The van der Waals surface area contributed by atoms with Gasteiger partial charge in [0.15, 0.2) is 0 Å². The van der Waals surface area contributed by atoms with Crippen LogP contribution in [0.15, 0.2) is 12.1 Å². The van der Waals surface area contributed by atoms with Gasteiger partial charge in [-0.15, -0.1) is 0 Å². The van der Waals surface area contributed by atoms with Crippen molar-refractivity contribution in [3.8, 4) is 5.75 Å². The second kappa shape index (κ2) is 7.65. The molecule has 0 aromatic heterocycles. The lowest BCUT2D eigenvalue weighted by Crippen LogP contribution is -2.33. The lowest BCUT2D eigenvalue weighted by atomic mass is 9.83. The van der Waals surface area contributed by atoms with Gasteiger partial charge in [0.25, 0.3) is 5.91 Å². The SMILES string of the molecule is C[C@H]1CC[C@@H](COc2cc(F)c(C(=O)NS(=O)(=O)C3CC3)cc2C2CC2)CC1. The van der Waals surface area contributed by atoms with Crippen molar-refractivity contribution in [2.45, 2.75) is 69.5 Å². The minimum absolute atomic E-state index is 0.218. The zero-order valence-corrected chi connectivity index (χ0v) is 17.1. The van der Waals surface area contributed by atoms with Crippen LogP contribution in [0.5, 0.6) is 5.75 Å². The van der Waals surface area contributed by atoms with Gasteiger partial charge >= 0.3 is 0 Å². The highest BCUT2D eigenvalue weighted by Gasteiger charge is 2.38. The van der Waals surface area contributed by atoms with Crippen LogP contribution in [0.2, 0.25) is 0 Å². The molecule has 0 aliphatic heterocycles. The van der Waals surface area contributed by atoms with Crippen LogP contribution in [0.4, 0.5) is 4.39 Å². The molecule has 1 amide bonds. The van der Waals surface area contributed by atoms with Gasteiger partial charge in [-0.3, -0.25) is 4.79 Å². The molecule has 3 aliphatic carbocycles. The van der Waals surface area contributed by atoms with Crippen LogP contribution in [-0.2, 0) is 10.0 Å². The van der Waals surface area contributed by atoms with E-state index < -0.39 is 27.0 Å². The van der Waals surface area contributed by atoms with Crippen molar-refractivity contribution in [2.75, 3.05) is 6.61 Å². The Labute approximate surface area is 166 Å². The third kappa shape index (κ3) is 4.50. The fourth-order valence-electron chi connectivity index (χ4n) is 3.93. The number of ether oxygens (including phenoxy) is 1. The molecule has 0 bridgehead atoms. The lowest BCUT2D eigenvalue weighted by molar-refractivity contribution is 0.0977. The first-order chi connectivity index (χ1) is 13.3. The highest BCUT2D eigenvalue weighted by atomic mass is 32.2. The number of rotatable bonds is 7. The molecule has 0 unspecified atom stereocenters. The number of nitrogens with one attached hydrogen (secondary N) is 1. The maximum absolute atomic E-state index is 14.6. The number of halogens is 1. The Hall–Kier alpha value is -1.63. The first-order valence-corrected chi connectivity index (χ1v) is 11.9. The summed E-state index contributed by atoms with van der Waals surface area (Å²) < 4.78 is 46.7. The van der Waals surface area contributed by atoms with Gasteiger partial charge in [-0.05, 0) is 67.9 Å². The maximum Gasteiger partial charge on any atom is 0.267 e. The maximum atomic E-state index is 14.6. The Balaban J connectivity index is 1.49. The third-order valence-electron chi connectivity index (χ3n) is 6.17. The zero-order chi connectivity index (χ0) is 19.9. The second-order valence-electron chi connectivity index (χ2n) is 8.76. The number of carbonyl (C=O) groups is 1. The second-order valence-corrected chi connectivity index (χ2v) is 10.7. The van der Waals surface area contributed by atoms with Crippen LogP contribution in [0, 0.1) is 17.7 Å². The van der Waals surface area contributed by atoms with Gasteiger partial charge in [-0.25, -0.2) is 17.5 Å². The van der Waals surface area contributed by atoms with Gasteiger partial charge in [0.05, 0.1) is 17.4 Å². The zero-order valence-electron chi connectivity index (χ0n) is 16.2. The van der Waals surface area contributed by atoms with Gasteiger partial charge in [-0.1, -0.05) is 19.8 Å². The van der Waals surface area contributed by atoms with E-state index in [4.69, 9.17) is 4.74 Å². The molecule has 4 rings (SSSR count). The monoisotopic (exact) mass is 409 g/mol. The lowest BCUT2D eigenvalue weighted by Gasteiger charge is -2.26. The standard InChI is InChI=1S/C21H28FNO4S/c1-13-2-4-14(5-3-13)12-27-20-11-19(22)18(10-17(20)15-6-7-15)21(24)23-28(25,26)16-8-9-16/h10-11,13-16H,2-9,12H2,1H3,(H,23,24)/t13-,14+. The molecule has 3 fully saturated rings. The molecule has 0 spiro atoms. The van der Waals surface area contributed by atoms with E-state index in [2.05, 4.69) is 6.92 Å². The average Bonchev–Trinajstić information content (AvgIpc) is 3.53. The molecule has 5 nitrogen and oxygen atoms in total. The van der Waals surface area contributed by atoms with Crippen molar-refractivity contribution in [3.05, 3.63) is 29.1 Å². The Morgan fingerprint density at radius 2 is 1.79 bits per heavy atom. The van der Waals surface area contributed by atoms with Crippen LogP contribution < -0.4 is 9.46 Å². The van der Waals surface area contributed by atoms with Gasteiger partial charge < -0.3 is 4.74 Å². The molecule has 3 saturated carbocycles. The molecule has 154 valence electrons. The van der Waals surface area contributed by atoms with E-state index >= 15 is 0 Å². The van der Waals surface area contributed by atoms with Gasteiger partial charge in [-0.2, -0.15) is 0 Å². The van der Waals surface area contributed by atoms with Crippen LogP contribution in [0.1, 0.15) is 80.1 Å². The van der Waals surface area contributed by atoms with E-state index in [1.807, 2.05) is 4.72 Å². The van der Waals surface area contributed by atoms with E-state index in [0.717, 1.165) is 37.2 Å². The smallest absolute Gasteiger partial charge is 0.267 e. The van der Waals surface area contributed by atoms with E-state index in [1.165, 1.54) is 25.0 Å². The fourth-order valence-corrected chi connectivity index (χ4v) is 5.23. The van der Waals surface area contributed by atoms with Crippen LogP contribution >= 0.6 is 0 Å². The Kier molecular flexibility index (Phi) is 5.38. The number of amides is 1. The van der Waals surface area contributed by atoms with Gasteiger partial charge in [0.1, 0.15) is 11.6 Å². The molecule has 0 atom stereocenters. The van der Waals surface area contributed by atoms with Gasteiger partial charge in [0, 0.05) is 6.07 Å². The van der Waals surface area contributed by atoms with Crippen molar-refractivity contribution >= 4 is 15.9 Å². The molecule has 1 aromatic rings. The molecule has 0 heterocycles. The highest BCUT2D eigenvalue weighted by molar-refractivity contribution is 7.91. The minimum atomic E-state index is -3.71. The topological polar surface area (TPSA) is 72.5 Å². The van der Waals surface area contributed by atoms with E-state index in [1.54, 1.807) is 0 Å². The quantitative estimate of drug-likeness (QED) is 0.735. The predicted octanol–water partition coefficient (Wildman–Crippen LogP) is 4.13. The first kappa shape index (κ1) is 19.7. The number of hydrogen-bond acceptors (Lipinski definition) is 4. The summed E-state index contributed by atoms with van der Waals surface area (Å²) in [5.74, 6) is 0.381. The molecule has 1 aromatic carbocycles. The number of carbonyl (C=O) groups excluding carboxylic acids is 1. The molecule has 0 saturated heterocycles. The number of hydrogen-bond donors (Lipinski definition) is 1. The molecular formula is C21H28FNO4S. The summed E-state index contributed by atoms with van der Waals surface area (Å²) in [4.78, 5) is 12.4. The molecule has 1 N–H and O–H groups in total. The van der Waals surface area contributed by atoms with Crippen molar-refractivity contribution in [1.82, 2.24) is 4.72 Å². The van der Waals surface area contributed by atoms with Crippen molar-refractivity contribution in [2.24, 2.45) is 11.8 Å². The largest absolute Gasteiger partial charge is 0.493 e. The van der Waals surface area contributed by atoms with Crippen molar-refractivity contribution in [3.63, 3.8) is 0 Å². The third-order valence-corrected chi connectivity index (χ3v) is 7.99. The average molecular weight is 410 g/mol. The number of benzene rings is 1. The fraction of sp³-hybridized carbons (Fsp3) is 0.667. The predicted molar refractivity (Wildman–Crippen MR) is 104 cm³/mol. The van der Waals surface area contributed by atoms with E-state index in [0.29, 0.717) is 31.1 Å². The van der Waals surface area contributed by atoms with Crippen LogP contribution in [0.25, 0.3) is 0 Å². The summed E-state index contributed by atoms with van der Waals surface area (Å²) in [6, 6.07) is 2.75. The van der Waals surface area contributed by atoms with E-state index in [9.17, 15) is 17.6 Å². The first-order valence-electron chi connectivity index (χ1n) is 10.4. The van der Waals surface area contributed by atoms with Crippen LogP contribution in [-0.4, -0.2) is 26.2 Å². The highest BCUT2D eigenvalue weighted by Crippen LogP contribution is 2.45. The summed E-state index contributed by atoms with van der Waals surface area (Å²) in [5.41, 5.74) is 0.601. The molecule has 0 radical (unpaired) electrons. The molecule has 3 aliphatic rings.